The normalized spacial score (nSPS) is 14.0. The summed E-state index contributed by atoms with van der Waals surface area (Å²) in [6, 6.07) is 7.32. The van der Waals surface area contributed by atoms with Crippen molar-refractivity contribution in [2.75, 3.05) is 6.54 Å². The van der Waals surface area contributed by atoms with Gasteiger partial charge in [0.05, 0.1) is 4.47 Å². The molecule has 0 fully saturated rings. The Morgan fingerprint density at radius 1 is 1.38 bits per heavy atom. The van der Waals surface area contributed by atoms with Crippen LogP contribution in [0.4, 0.5) is 4.39 Å². The minimum absolute atomic E-state index is 0.157. The van der Waals surface area contributed by atoms with Crippen molar-refractivity contribution < 1.29 is 9.18 Å². The number of hydrogen-bond donors (Lipinski definition) is 0. The zero-order valence-electron chi connectivity index (χ0n) is 12.7. The van der Waals surface area contributed by atoms with Gasteiger partial charge in [0.25, 0.3) is 5.91 Å². The summed E-state index contributed by atoms with van der Waals surface area (Å²) in [6.07, 6.45) is 4.15. The van der Waals surface area contributed by atoms with Crippen molar-refractivity contribution >= 4 is 27.5 Å². The van der Waals surface area contributed by atoms with Crippen LogP contribution in [0.25, 0.3) is 5.65 Å². The number of aromatic nitrogens is 3. The van der Waals surface area contributed by atoms with Gasteiger partial charge in [0, 0.05) is 31.5 Å². The van der Waals surface area contributed by atoms with Gasteiger partial charge in [-0.15, -0.1) is 0 Å². The lowest BCUT2D eigenvalue weighted by Crippen LogP contribution is -2.36. The van der Waals surface area contributed by atoms with Crippen LogP contribution in [0, 0.1) is 0 Å². The third-order valence-corrected chi connectivity index (χ3v) is 4.71. The number of nitrogens with zero attached hydrogens (tertiary/aromatic N) is 4. The molecule has 3 aromatic rings. The molecule has 0 atom stereocenters. The molecule has 7 heteroatoms. The molecule has 0 bridgehead atoms. The molecular formula is C17H14BrFN4O. The molecule has 0 saturated heterocycles. The number of benzene rings is 1. The molecule has 1 aromatic carbocycles. The zero-order valence-corrected chi connectivity index (χ0v) is 14.3. The van der Waals surface area contributed by atoms with Gasteiger partial charge in [-0.3, -0.25) is 4.79 Å². The number of fused-ring (bicyclic) bond motifs is 2. The second-order valence-electron chi connectivity index (χ2n) is 5.77. The van der Waals surface area contributed by atoms with E-state index >= 15 is 0 Å². The summed E-state index contributed by atoms with van der Waals surface area (Å²) >= 11 is 3.34. The topological polar surface area (TPSA) is 50.5 Å². The van der Waals surface area contributed by atoms with Crippen LogP contribution in [-0.4, -0.2) is 31.9 Å². The Bertz CT molecular complexity index is 925. The first-order valence-corrected chi connectivity index (χ1v) is 8.41. The van der Waals surface area contributed by atoms with Gasteiger partial charge < -0.3 is 4.90 Å². The van der Waals surface area contributed by atoms with E-state index in [0.717, 1.165) is 22.0 Å². The highest BCUT2D eigenvalue weighted by atomic mass is 79.9. The van der Waals surface area contributed by atoms with E-state index in [2.05, 4.69) is 26.0 Å². The van der Waals surface area contributed by atoms with Crippen LogP contribution in [0.2, 0.25) is 0 Å². The van der Waals surface area contributed by atoms with Crippen LogP contribution >= 0.6 is 15.9 Å². The fourth-order valence-corrected chi connectivity index (χ4v) is 3.37. The zero-order chi connectivity index (χ0) is 16.7. The number of carbonyl (C=O) groups excluding carboxylic acids is 1. The van der Waals surface area contributed by atoms with Gasteiger partial charge in [-0.05, 0) is 39.0 Å². The van der Waals surface area contributed by atoms with Gasteiger partial charge in [0.1, 0.15) is 6.67 Å². The summed E-state index contributed by atoms with van der Waals surface area (Å²) in [5, 5.41) is 4.31. The molecule has 5 nitrogen and oxygen atoms in total. The van der Waals surface area contributed by atoms with Crippen molar-refractivity contribution in [3.05, 3.63) is 63.5 Å². The van der Waals surface area contributed by atoms with Gasteiger partial charge in [-0.2, -0.15) is 5.10 Å². The minimum atomic E-state index is -0.516. The molecule has 24 heavy (non-hydrogen) atoms. The Balaban J connectivity index is 1.64. The largest absolute Gasteiger partial charge is 0.333 e. The standard InChI is InChI=1S/C17H14BrFN4O/c18-13-8-20-16-6-15(21-23(16)9-13)17(24)22-5-4-11-2-1-3-12(7-19)14(11)10-22/h1-3,6,8-9H,4-5,7,10H2. The third-order valence-electron chi connectivity index (χ3n) is 4.30. The molecule has 0 saturated carbocycles. The van der Waals surface area contributed by atoms with Crippen LogP contribution in [0.5, 0.6) is 0 Å². The first-order chi connectivity index (χ1) is 11.7. The maximum Gasteiger partial charge on any atom is 0.274 e. The lowest BCUT2D eigenvalue weighted by Gasteiger charge is -2.29. The summed E-state index contributed by atoms with van der Waals surface area (Å²) < 4.78 is 15.6. The van der Waals surface area contributed by atoms with E-state index < -0.39 is 6.67 Å². The van der Waals surface area contributed by atoms with Gasteiger partial charge >= 0.3 is 0 Å². The molecular weight excluding hydrogens is 375 g/mol. The molecule has 0 radical (unpaired) electrons. The Morgan fingerprint density at radius 2 is 2.25 bits per heavy atom. The van der Waals surface area contributed by atoms with Crippen LogP contribution in [0.3, 0.4) is 0 Å². The minimum Gasteiger partial charge on any atom is -0.333 e. The average molecular weight is 389 g/mol. The Labute approximate surface area is 146 Å². The second kappa shape index (κ2) is 5.98. The van der Waals surface area contributed by atoms with Crippen molar-refractivity contribution in [2.45, 2.75) is 19.6 Å². The Hall–Kier alpha value is -2.28. The molecule has 0 aliphatic carbocycles. The Morgan fingerprint density at radius 3 is 3.08 bits per heavy atom. The van der Waals surface area contributed by atoms with Crippen molar-refractivity contribution in [2.24, 2.45) is 0 Å². The summed E-state index contributed by atoms with van der Waals surface area (Å²) in [5.74, 6) is -0.157. The average Bonchev–Trinajstić information content (AvgIpc) is 3.03. The molecule has 0 unspecified atom stereocenters. The monoisotopic (exact) mass is 388 g/mol. The van der Waals surface area contributed by atoms with Crippen molar-refractivity contribution in [1.82, 2.24) is 19.5 Å². The number of hydrogen-bond acceptors (Lipinski definition) is 3. The molecule has 4 rings (SSSR count). The molecule has 122 valence electrons. The van der Waals surface area contributed by atoms with Crippen molar-refractivity contribution in [1.29, 1.82) is 0 Å². The highest BCUT2D eigenvalue weighted by Crippen LogP contribution is 2.24. The molecule has 0 spiro atoms. The number of carbonyl (C=O) groups is 1. The van der Waals surface area contributed by atoms with Crippen LogP contribution in [0.15, 0.2) is 41.1 Å². The molecule has 0 N–H and O–H groups in total. The highest BCUT2D eigenvalue weighted by Gasteiger charge is 2.25. The number of amides is 1. The van der Waals surface area contributed by atoms with E-state index in [4.69, 9.17) is 0 Å². The quantitative estimate of drug-likeness (QED) is 0.677. The predicted octanol–water partition coefficient (Wildman–Crippen LogP) is 3.16. The molecule has 2 aromatic heterocycles. The van der Waals surface area contributed by atoms with Gasteiger partial charge in [-0.1, -0.05) is 18.2 Å². The van der Waals surface area contributed by atoms with E-state index in [1.807, 2.05) is 12.1 Å². The lowest BCUT2D eigenvalue weighted by atomic mass is 9.95. The highest BCUT2D eigenvalue weighted by molar-refractivity contribution is 9.10. The molecule has 1 aliphatic rings. The Kier molecular flexibility index (Phi) is 3.80. The van der Waals surface area contributed by atoms with Gasteiger partial charge in [0.15, 0.2) is 11.3 Å². The predicted molar refractivity (Wildman–Crippen MR) is 90.4 cm³/mol. The van der Waals surface area contributed by atoms with E-state index in [0.29, 0.717) is 30.0 Å². The second-order valence-corrected chi connectivity index (χ2v) is 6.69. The maximum absolute atomic E-state index is 13.2. The van der Waals surface area contributed by atoms with Crippen LogP contribution in [-0.2, 0) is 19.6 Å². The summed E-state index contributed by atoms with van der Waals surface area (Å²) in [7, 11) is 0. The van der Waals surface area contributed by atoms with Gasteiger partial charge in [0.2, 0.25) is 0 Å². The van der Waals surface area contributed by atoms with Crippen molar-refractivity contribution in [3.8, 4) is 0 Å². The van der Waals surface area contributed by atoms with Gasteiger partial charge in [-0.25, -0.2) is 13.9 Å². The number of alkyl halides is 1. The fourth-order valence-electron chi connectivity index (χ4n) is 3.07. The first kappa shape index (κ1) is 15.3. The smallest absolute Gasteiger partial charge is 0.274 e. The van der Waals surface area contributed by atoms with E-state index in [1.54, 1.807) is 33.9 Å². The lowest BCUT2D eigenvalue weighted by molar-refractivity contribution is 0.0727. The number of rotatable bonds is 2. The van der Waals surface area contributed by atoms with Crippen LogP contribution in [0.1, 0.15) is 27.2 Å². The first-order valence-electron chi connectivity index (χ1n) is 7.61. The van der Waals surface area contributed by atoms with E-state index in [1.165, 1.54) is 0 Å². The number of halogens is 2. The summed E-state index contributed by atoms with van der Waals surface area (Å²) in [6.45, 7) is 0.503. The van der Waals surface area contributed by atoms with Crippen LogP contribution < -0.4 is 0 Å². The fraction of sp³-hybridized carbons (Fsp3) is 0.235. The maximum atomic E-state index is 13.2. The molecule has 3 heterocycles. The third kappa shape index (κ3) is 2.58. The SMILES string of the molecule is O=C(c1cc2ncc(Br)cn2n1)N1CCc2cccc(CF)c2C1. The molecule has 1 amide bonds. The molecule has 1 aliphatic heterocycles. The summed E-state index contributed by atoms with van der Waals surface area (Å²) in [5.41, 5.74) is 3.66. The summed E-state index contributed by atoms with van der Waals surface area (Å²) in [4.78, 5) is 18.7. The van der Waals surface area contributed by atoms with E-state index in [9.17, 15) is 9.18 Å². The van der Waals surface area contributed by atoms with Crippen molar-refractivity contribution in [3.63, 3.8) is 0 Å². The van der Waals surface area contributed by atoms with E-state index in [-0.39, 0.29) is 5.91 Å².